The number of hydrogen-bond acceptors (Lipinski definition) is 3. The molecule has 0 saturated carbocycles. The Kier molecular flexibility index (Phi) is 3.00. The van der Waals surface area contributed by atoms with E-state index >= 15 is 0 Å². The Morgan fingerprint density at radius 1 is 0.885 bits per heavy atom. The van der Waals surface area contributed by atoms with Crippen LogP contribution in [0.25, 0.3) is 10.8 Å². The summed E-state index contributed by atoms with van der Waals surface area (Å²) < 4.78 is 55.6. The first kappa shape index (κ1) is 15.4. The molecule has 0 saturated heterocycles. The lowest BCUT2D eigenvalue weighted by Gasteiger charge is -2.33. The van der Waals surface area contributed by atoms with Gasteiger partial charge in [0, 0.05) is 5.39 Å². The predicted octanol–water partition coefficient (Wildman–Crippen LogP) is 5.15. The van der Waals surface area contributed by atoms with Crippen molar-refractivity contribution in [1.29, 1.82) is 0 Å². The molecule has 0 atom stereocenters. The molecule has 0 radical (unpaired) electrons. The smallest absolute Gasteiger partial charge is 0.268 e. The maximum Gasteiger partial charge on any atom is 0.268 e. The van der Waals surface area contributed by atoms with E-state index in [1.54, 1.807) is 24.3 Å². The van der Waals surface area contributed by atoms with Gasteiger partial charge in [-0.15, -0.1) is 0 Å². The van der Waals surface area contributed by atoms with E-state index in [1.165, 1.54) is 0 Å². The van der Waals surface area contributed by atoms with Crippen molar-refractivity contribution in [3.8, 4) is 0 Å². The number of fused-ring (bicyclic) bond motifs is 3. The summed E-state index contributed by atoms with van der Waals surface area (Å²) in [5.74, 6) is -8.26. The van der Waals surface area contributed by atoms with Crippen LogP contribution >= 0.6 is 11.8 Å². The van der Waals surface area contributed by atoms with Gasteiger partial charge >= 0.3 is 0 Å². The minimum Gasteiger partial charge on any atom is -0.268 e. The number of amidine groups is 1. The number of hydrogen-bond donors (Lipinski definition) is 0. The molecule has 3 aromatic carbocycles. The molecule has 2 heterocycles. The minimum atomic E-state index is -2.01. The van der Waals surface area contributed by atoms with E-state index < -0.39 is 39.6 Å². The maximum absolute atomic E-state index is 14.2. The molecule has 8 heteroatoms. The van der Waals surface area contributed by atoms with Gasteiger partial charge in [0.2, 0.25) is 0 Å². The highest BCUT2D eigenvalue weighted by atomic mass is 32.2. The third-order valence-electron chi connectivity index (χ3n) is 4.34. The summed E-state index contributed by atoms with van der Waals surface area (Å²) in [6.45, 7) is 0. The zero-order valence-corrected chi connectivity index (χ0v) is 13.5. The van der Waals surface area contributed by atoms with Crippen LogP contribution in [0, 0.1) is 23.3 Å². The lowest BCUT2D eigenvalue weighted by Crippen LogP contribution is -2.41. The molecule has 0 aliphatic carbocycles. The highest BCUT2D eigenvalue weighted by Crippen LogP contribution is 2.46. The number of aliphatic imine (C=N–C) groups is 1. The number of nitrogens with zero attached hydrogens (tertiary/aromatic N) is 2. The van der Waals surface area contributed by atoms with Gasteiger partial charge in [0.05, 0.1) is 21.8 Å². The SMILES string of the molecule is O=C1c2c(F)c(F)c(F)c(F)c2SC2=Nc3cccc4cccc(c34)N12. The van der Waals surface area contributed by atoms with Crippen LogP contribution in [0.3, 0.4) is 0 Å². The molecule has 0 unspecified atom stereocenters. The Labute approximate surface area is 147 Å². The third-order valence-corrected chi connectivity index (χ3v) is 5.39. The van der Waals surface area contributed by atoms with Gasteiger partial charge in [-0.1, -0.05) is 24.3 Å². The van der Waals surface area contributed by atoms with Crippen LogP contribution in [0.2, 0.25) is 0 Å². The summed E-state index contributed by atoms with van der Waals surface area (Å²) >= 11 is 0.589. The molecule has 0 N–H and O–H groups in total. The van der Waals surface area contributed by atoms with E-state index in [-0.39, 0.29) is 5.17 Å². The van der Waals surface area contributed by atoms with E-state index in [0.29, 0.717) is 28.5 Å². The molecule has 26 heavy (non-hydrogen) atoms. The van der Waals surface area contributed by atoms with Crippen molar-refractivity contribution in [2.75, 3.05) is 4.90 Å². The molecule has 128 valence electrons. The van der Waals surface area contributed by atoms with E-state index in [9.17, 15) is 22.4 Å². The number of thioether (sulfide) groups is 1. The van der Waals surface area contributed by atoms with Gasteiger partial charge in [-0.3, -0.25) is 9.69 Å². The fraction of sp³-hybridized carbons (Fsp3) is 0. The maximum atomic E-state index is 14.2. The van der Waals surface area contributed by atoms with Gasteiger partial charge in [-0.05, 0) is 29.3 Å². The van der Waals surface area contributed by atoms with E-state index in [2.05, 4.69) is 4.99 Å². The number of carbonyl (C=O) groups excluding carboxylic acids is 1. The summed E-state index contributed by atoms with van der Waals surface area (Å²) in [5.41, 5.74) is 0.147. The molecule has 0 bridgehead atoms. The Hall–Kier alpha value is -2.87. The second-order valence-corrected chi connectivity index (χ2v) is 6.73. The van der Waals surface area contributed by atoms with Gasteiger partial charge in [0.25, 0.3) is 5.91 Å². The van der Waals surface area contributed by atoms with Crippen LogP contribution in [0.1, 0.15) is 10.4 Å². The highest BCUT2D eigenvalue weighted by Gasteiger charge is 2.41. The molecule has 2 aliphatic heterocycles. The number of anilines is 1. The number of rotatable bonds is 0. The molecular weight excluding hydrogens is 368 g/mol. The number of carbonyl (C=O) groups is 1. The van der Waals surface area contributed by atoms with E-state index in [4.69, 9.17) is 0 Å². The molecular formula is C18H6F4N2OS. The number of benzene rings is 3. The Morgan fingerprint density at radius 2 is 1.58 bits per heavy atom. The Morgan fingerprint density at radius 3 is 2.35 bits per heavy atom. The van der Waals surface area contributed by atoms with Crippen LogP contribution in [0.15, 0.2) is 46.3 Å². The van der Waals surface area contributed by atoms with Crippen LogP contribution in [0.4, 0.5) is 28.9 Å². The third kappa shape index (κ3) is 1.79. The van der Waals surface area contributed by atoms with Gasteiger partial charge in [0.1, 0.15) is 0 Å². The fourth-order valence-corrected chi connectivity index (χ4v) is 4.26. The van der Waals surface area contributed by atoms with Crippen molar-refractivity contribution in [1.82, 2.24) is 0 Å². The first-order valence-corrected chi connectivity index (χ1v) is 8.29. The van der Waals surface area contributed by atoms with Crippen molar-refractivity contribution in [2.24, 2.45) is 4.99 Å². The first-order valence-electron chi connectivity index (χ1n) is 7.47. The molecule has 0 fully saturated rings. The number of halogens is 4. The molecule has 3 aromatic rings. The topological polar surface area (TPSA) is 32.7 Å². The first-order chi connectivity index (χ1) is 12.5. The van der Waals surface area contributed by atoms with Crippen LogP contribution in [0.5, 0.6) is 0 Å². The normalized spacial score (nSPS) is 15.0. The van der Waals surface area contributed by atoms with Gasteiger partial charge in [-0.2, -0.15) is 0 Å². The van der Waals surface area contributed by atoms with Gasteiger partial charge in [0.15, 0.2) is 28.4 Å². The van der Waals surface area contributed by atoms with Crippen LogP contribution in [-0.4, -0.2) is 11.1 Å². The fourth-order valence-electron chi connectivity index (χ4n) is 3.20. The summed E-state index contributed by atoms with van der Waals surface area (Å²) in [6.07, 6.45) is 0. The molecule has 3 nitrogen and oxygen atoms in total. The standard InChI is InChI=1S/C18H6F4N2OS/c19-12-11-16(15(22)14(21)13(12)20)26-18-23-8-5-1-3-7-4-2-6-9(10(7)8)24(18)17(11)25/h1-6H. The second kappa shape index (κ2) is 5.07. The quantitative estimate of drug-likeness (QED) is 0.310. The predicted molar refractivity (Wildman–Crippen MR) is 90.0 cm³/mol. The zero-order valence-electron chi connectivity index (χ0n) is 12.7. The van der Waals surface area contributed by atoms with Crippen molar-refractivity contribution in [2.45, 2.75) is 4.90 Å². The average Bonchev–Trinajstić information content (AvgIpc) is 2.64. The van der Waals surface area contributed by atoms with E-state index in [0.717, 1.165) is 10.3 Å². The summed E-state index contributed by atoms with van der Waals surface area (Å²) in [7, 11) is 0. The molecule has 1 amide bonds. The van der Waals surface area contributed by atoms with Crippen molar-refractivity contribution in [3.05, 3.63) is 65.2 Å². The summed E-state index contributed by atoms with van der Waals surface area (Å²) in [4.78, 5) is 17.7. The van der Waals surface area contributed by atoms with Crippen molar-refractivity contribution < 1.29 is 22.4 Å². The molecule has 2 aliphatic rings. The minimum absolute atomic E-state index is 0.0537. The van der Waals surface area contributed by atoms with E-state index in [1.807, 2.05) is 12.1 Å². The van der Waals surface area contributed by atoms with Gasteiger partial charge in [-0.25, -0.2) is 22.6 Å². The molecule has 5 rings (SSSR count). The second-order valence-electron chi connectivity index (χ2n) is 5.75. The van der Waals surface area contributed by atoms with Gasteiger partial charge < -0.3 is 0 Å². The molecule has 0 spiro atoms. The highest BCUT2D eigenvalue weighted by molar-refractivity contribution is 8.14. The Balaban J connectivity index is 1.84. The average molecular weight is 374 g/mol. The monoisotopic (exact) mass is 374 g/mol. The van der Waals surface area contributed by atoms with Crippen LogP contribution < -0.4 is 4.90 Å². The Bertz CT molecular complexity index is 1190. The largest absolute Gasteiger partial charge is 0.268 e. The van der Waals surface area contributed by atoms with Crippen molar-refractivity contribution >= 4 is 45.0 Å². The lowest BCUT2D eigenvalue weighted by molar-refractivity contribution is 0.0992. The lowest BCUT2D eigenvalue weighted by atomic mass is 10.0. The van der Waals surface area contributed by atoms with Crippen LogP contribution in [-0.2, 0) is 0 Å². The summed E-state index contributed by atoms with van der Waals surface area (Å²) in [6, 6.07) is 10.5. The molecule has 0 aromatic heterocycles. The van der Waals surface area contributed by atoms with Crippen molar-refractivity contribution in [3.63, 3.8) is 0 Å². The zero-order chi connectivity index (χ0) is 18.2. The summed E-state index contributed by atoms with van der Waals surface area (Å²) in [5, 5.41) is 1.53. The number of amides is 1.